The highest BCUT2D eigenvalue weighted by Gasteiger charge is 2.62. The largest absolute Gasteiger partial charge is 0.573 e. The van der Waals surface area contributed by atoms with E-state index in [1.807, 2.05) is 30.3 Å². The first kappa shape index (κ1) is 29.8. The second-order valence-electron chi connectivity index (χ2n) is 12.3. The molecule has 3 fully saturated rings. The van der Waals surface area contributed by atoms with Gasteiger partial charge in [-0.15, -0.1) is 13.2 Å². The summed E-state index contributed by atoms with van der Waals surface area (Å²) in [5, 5.41) is 11.0. The molecule has 46 heavy (non-hydrogen) atoms. The van der Waals surface area contributed by atoms with Crippen molar-refractivity contribution >= 4 is 23.6 Å². The number of likely N-dealkylation sites (tertiary alicyclic amines) is 2. The monoisotopic (exact) mass is 630 g/mol. The molecule has 2 aliphatic carbocycles. The van der Waals surface area contributed by atoms with E-state index in [2.05, 4.69) is 4.74 Å². The standard InChI is InChI=1S/C35H29F3N2O6/c36-35(37,38)46-21-11-14-27(41)25(15-21)28-22-12-13-23-29(33(44)39(31(23)42)17-19-7-3-1-4-8-19)24(22)16-26-30(28)34(45)40(32(26)43)18-20-9-5-2-6-10-20/h1-12,14-15,23-24,26,28-30,41H,13,16-18H2/t23-,24+,26+,28+,29-,30+/m0/s1. The molecule has 4 aliphatic rings. The lowest BCUT2D eigenvalue weighted by Crippen LogP contribution is -2.43. The van der Waals surface area contributed by atoms with Crippen molar-refractivity contribution in [3.8, 4) is 11.5 Å². The first-order chi connectivity index (χ1) is 22.0. The minimum Gasteiger partial charge on any atom is -0.508 e. The molecule has 0 radical (unpaired) electrons. The Morgan fingerprint density at radius 2 is 1.28 bits per heavy atom. The van der Waals surface area contributed by atoms with Gasteiger partial charge in [0.15, 0.2) is 0 Å². The molecular formula is C35H29F3N2O6. The third kappa shape index (κ3) is 5.03. The van der Waals surface area contributed by atoms with Crippen LogP contribution in [0.4, 0.5) is 13.2 Å². The van der Waals surface area contributed by atoms with Crippen molar-refractivity contribution in [2.75, 3.05) is 0 Å². The van der Waals surface area contributed by atoms with E-state index in [-0.39, 0.29) is 49.1 Å². The van der Waals surface area contributed by atoms with E-state index in [1.165, 1.54) is 4.90 Å². The van der Waals surface area contributed by atoms with E-state index in [0.717, 1.165) is 28.7 Å². The van der Waals surface area contributed by atoms with Gasteiger partial charge in [-0.1, -0.05) is 72.3 Å². The number of ether oxygens (including phenoxy) is 1. The molecule has 0 spiro atoms. The molecule has 6 atom stereocenters. The lowest BCUT2D eigenvalue weighted by atomic mass is 9.57. The molecule has 7 rings (SSSR count). The zero-order valence-electron chi connectivity index (χ0n) is 24.4. The number of halogens is 3. The molecular weight excluding hydrogens is 601 g/mol. The maximum Gasteiger partial charge on any atom is 0.573 e. The number of phenolic OH excluding ortho intramolecular Hbond substituents is 1. The number of alkyl halides is 3. The summed E-state index contributed by atoms with van der Waals surface area (Å²) in [5.74, 6) is -7.75. The van der Waals surface area contributed by atoms with E-state index in [0.29, 0.717) is 11.1 Å². The highest BCUT2D eigenvalue weighted by atomic mass is 19.4. The van der Waals surface area contributed by atoms with Crippen LogP contribution in [0.5, 0.6) is 11.5 Å². The molecule has 3 aromatic rings. The molecule has 1 N–H and O–H groups in total. The summed E-state index contributed by atoms with van der Waals surface area (Å²) in [6.45, 7) is 0.0857. The SMILES string of the molecule is O=C1[C@H]2[C@H](CC=C3[C@H]2C[C@H]2C(=O)N(Cc4ccccc4)C(=O)[C@H]2[C@H]3c2cc(OC(F)(F)F)ccc2O)C(=O)N1Cc1ccccc1. The first-order valence-electron chi connectivity index (χ1n) is 15.1. The number of benzene rings is 3. The van der Waals surface area contributed by atoms with Crippen molar-refractivity contribution in [2.45, 2.75) is 38.2 Å². The van der Waals surface area contributed by atoms with Crippen molar-refractivity contribution in [2.24, 2.45) is 29.6 Å². The summed E-state index contributed by atoms with van der Waals surface area (Å²) in [6, 6.07) is 21.1. The van der Waals surface area contributed by atoms with Crippen LogP contribution >= 0.6 is 0 Å². The Hall–Kier alpha value is -4.93. The van der Waals surface area contributed by atoms with Crippen LogP contribution in [0.15, 0.2) is 90.5 Å². The zero-order chi connectivity index (χ0) is 32.3. The number of nitrogens with zero attached hydrogens (tertiary/aromatic N) is 2. The van der Waals surface area contributed by atoms with Crippen LogP contribution in [0.3, 0.4) is 0 Å². The Bertz CT molecular complexity index is 1760. The van der Waals surface area contributed by atoms with Gasteiger partial charge < -0.3 is 9.84 Å². The van der Waals surface area contributed by atoms with Crippen molar-refractivity contribution in [1.82, 2.24) is 9.80 Å². The van der Waals surface area contributed by atoms with Gasteiger partial charge in [0.1, 0.15) is 11.5 Å². The van der Waals surface area contributed by atoms with Crippen LogP contribution in [0, 0.1) is 29.6 Å². The maximum absolute atomic E-state index is 14.1. The van der Waals surface area contributed by atoms with Crippen molar-refractivity contribution in [3.05, 3.63) is 107 Å². The molecule has 0 unspecified atom stereocenters. The zero-order valence-corrected chi connectivity index (χ0v) is 24.4. The molecule has 2 saturated heterocycles. The molecule has 0 bridgehead atoms. The number of rotatable bonds is 6. The quantitative estimate of drug-likeness (QED) is 0.292. The van der Waals surface area contributed by atoms with E-state index < -0.39 is 59.4 Å². The van der Waals surface area contributed by atoms with Gasteiger partial charge in [-0.2, -0.15) is 0 Å². The summed E-state index contributed by atoms with van der Waals surface area (Å²) >= 11 is 0. The third-order valence-corrected chi connectivity index (χ3v) is 9.77. The number of hydrogen-bond donors (Lipinski definition) is 1. The highest BCUT2D eigenvalue weighted by Crippen LogP contribution is 2.59. The Morgan fingerprint density at radius 1 is 0.717 bits per heavy atom. The fraction of sp³-hybridized carbons (Fsp3) is 0.314. The van der Waals surface area contributed by atoms with E-state index in [1.54, 1.807) is 36.4 Å². The molecule has 1 saturated carbocycles. The van der Waals surface area contributed by atoms with Crippen LogP contribution < -0.4 is 4.74 Å². The predicted octanol–water partition coefficient (Wildman–Crippen LogP) is 5.33. The van der Waals surface area contributed by atoms with Gasteiger partial charge in [0.05, 0.1) is 36.8 Å². The molecule has 3 aromatic carbocycles. The fourth-order valence-corrected chi connectivity index (χ4v) is 7.89. The molecule has 2 heterocycles. The minimum atomic E-state index is -5.01. The Morgan fingerprint density at radius 3 is 1.87 bits per heavy atom. The highest BCUT2D eigenvalue weighted by molar-refractivity contribution is 6.08. The van der Waals surface area contributed by atoms with E-state index in [9.17, 15) is 37.5 Å². The van der Waals surface area contributed by atoms with Crippen molar-refractivity contribution in [3.63, 3.8) is 0 Å². The normalized spacial score (nSPS) is 27.3. The number of allylic oxidation sites excluding steroid dienone is 2. The lowest BCUT2D eigenvalue weighted by Gasteiger charge is -2.44. The van der Waals surface area contributed by atoms with Crippen LogP contribution in [0.1, 0.15) is 35.4 Å². The Balaban J connectivity index is 1.30. The van der Waals surface area contributed by atoms with Crippen LogP contribution in [0.2, 0.25) is 0 Å². The summed E-state index contributed by atoms with van der Waals surface area (Å²) in [5.41, 5.74) is 2.05. The second kappa shape index (κ2) is 11.1. The van der Waals surface area contributed by atoms with Gasteiger partial charge >= 0.3 is 6.36 Å². The van der Waals surface area contributed by atoms with Gasteiger partial charge in [-0.05, 0) is 48.1 Å². The number of carbonyl (C=O) groups is 4. The lowest BCUT2D eigenvalue weighted by molar-refractivity contribution is -0.274. The second-order valence-corrected chi connectivity index (χ2v) is 12.3. The van der Waals surface area contributed by atoms with Crippen LogP contribution in [0.25, 0.3) is 0 Å². The molecule has 2 aliphatic heterocycles. The van der Waals surface area contributed by atoms with Crippen molar-refractivity contribution < 1.29 is 42.2 Å². The minimum absolute atomic E-state index is 0.000525. The molecule has 11 heteroatoms. The number of carbonyl (C=O) groups excluding carboxylic acids is 4. The first-order valence-corrected chi connectivity index (χ1v) is 15.1. The molecule has 4 amide bonds. The summed E-state index contributed by atoms with van der Waals surface area (Å²) in [6.07, 6.45) is -2.94. The molecule has 0 aromatic heterocycles. The van der Waals surface area contributed by atoms with E-state index >= 15 is 0 Å². The molecule has 236 valence electrons. The van der Waals surface area contributed by atoms with Crippen LogP contribution in [-0.4, -0.2) is 44.9 Å². The average molecular weight is 631 g/mol. The van der Waals surface area contributed by atoms with Gasteiger partial charge in [-0.3, -0.25) is 29.0 Å². The number of amides is 4. The number of imide groups is 2. The summed E-state index contributed by atoms with van der Waals surface area (Å²) in [7, 11) is 0. The van der Waals surface area contributed by atoms with E-state index in [4.69, 9.17) is 0 Å². The van der Waals surface area contributed by atoms with Gasteiger partial charge in [-0.25, -0.2) is 0 Å². The predicted molar refractivity (Wildman–Crippen MR) is 156 cm³/mol. The maximum atomic E-state index is 14.1. The topological polar surface area (TPSA) is 104 Å². The Labute approximate surface area is 262 Å². The number of phenols is 1. The third-order valence-electron chi connectivity index (χ3n) is 9.77. The van der Waals surface area contributed by atoms with Gasteiger partial charge in [0.2, 0.25) is 23.6 Å². The fourth-order valence-electron chi connectivity index (χ4n) is 7.89. The molecule has 8 nitrogen and oxygen atoms in total. The number of fused-ring (bicyclic) bond motifs is 4. The summed E-state index contributed by atoms with van der Waals surface area (Å²) < 4.78 is 43.8. The van der Waals surface area contributed by atoms with Crippen molar-refractivity contribution in [1.29, 1.82) is 0 Å². The van der Waals surface area contributed by atoms with Gasteiger partial charge in [0.25, 0.3) is 0 Å². The number of hydrogen-bond acceptors (Lipinski definition) is 6. The smallest absolute Gasteiger partial charge is 0.508 e. The van der Waals surface area contributed by atoms with Crippen LogP contribution in [-0.2, 0) is 32.3 Å². The Kier molecular flexibility index (Phi) is 7.21. The van der Waals surface area contributed by atoms with Gasteiger partial charge in [0, 0.05) is 11.5 Å². The summed E-state index contributed by atoms with van der Waals surface area (Å²) in [4.78, 5) is 58.1. The number of aromatic hydroxyl groups is 1. The average Bonchev–Trinajstić information content (AvgIpc) is 3.41.